The zero-order valence-corrected chi connectivity index (χ0v) is 7.92. The van der Waals surface area contributed by atoms with Gasteiger partial charge in [0.15, 0.2) is 0 Å². The third-order valence-electron chi connectivity index (χ3n) is 3.03. The lowest BCUT2D eigenvalue weighted by molar-refractivity contribution is -0.130. The summed E-state index contributed by atoms with van der Waals surface area (Å²) in [4.78, 5) is 11.9. The van der Waals surface area contributed by atoms with Gasteiger partial charge in [-0.05, 0) is 25.8 Å². The summed E-state index contributed by atoms with van der Waals surface area (Å²) in [6, 6.07) is 0. The fourth-order valence-corrected chi connectivity index (χ4v) is 2.20. The van der Waals surface area contributed by atoms with Gasteiger partial charge in [0.1, 0.15) is 5.78 Å². The van der Waals surface area contributed by atoms with Gasteiger partial charge in [0, 0.05) is 25.0 Å². The second kappa shape index (κ2) is 4.20. The van der Waals surface area contributed by atoms with E-state index in [4.69, 9.17) is 4.74 Å². The van der Waals surface area contributed by atoms with Crippen LogP contribution < -0.4 is 5.32 Å². The first-order valence-electron chi connectivity index (χ1n) is 5.20. The maximum absolute atomic E-state index is 11.9. The van der Waals surface area contributed by atoms with Crippen molar-refractivity contribution in [3.05, 3.63) is 0 Å². The van der Waals surface area contributed by atoms with E-state index < -0.39 is 0 Å². The molecule has 3 nitrogen and oxygen atoms in total. The van der Waals surface area contributed by atoms with E-state index in [9.17, 15) is 4.79 Å². The van der Waals surface area contributed by atoms with E-state index in [1.54, 1.807) is 0 Å². The van der Waals surface area contributed by atoms with Gasteiger partial charge in [-0.25, -0.2) is 0 Å². The molecule has 74 valence electrons. The Balaban J connectivity index is 1.87. The molecule has 0 bridgehead atoms. The molecule has 2 fully saturated rings. The van der Waals surface area contributed by atoms with E-state index in [1.807, 2.05) is 0 Å². The Labute approximate surface area is 78.8 Å². The fourth-order valence-electron chi connectivity index (χ4n) is 2.20. The highest BCUT2D eigenvalue weighted by Crippen LogP contribution is 2.21. The lowest BCUT2D eigenvalue weighted by Crippen LogP contribution is -2.31. The summed E-state index contributed by atoms with van der Waals surface area (Å²) in [6.45, 7) is 3.39. The molecule has 13 heavy (non-hydrogen) atoms. The highest BCUT2D eigenvalue weighted by molar-refractivity contribution is 5.84. The molecule has 3 heteroatoms. The Morgan fingerprint density at radius 2 is 2.23 bits per heavy atom. The number of carbonyl (C=O) groups is 1. The van der Waals surface area contributed by atoms with Gasteiger partial charge in [0.05, 0.1) is 6.61 Å². The summed E-state index contributed by atoms with van der Waals surface area (Å²) >= 11 is 0. The summed E-state index contributed by atoms with van der Waals surface area (Å²) in [6.07, 6.45) is 3.11. The molecule has 0 aromatic carbocycles. The van der Waals surface area contributed by atoms with Gasteiger partial charge in [0.2, 0.25) is 0 Å². The minimum Gasteiger partial charge on any atom is -0.381 e. The molecule has 2 heterocycles. The zero-order valence-electron chi connectivity index (χ0n) is 7.92. The molecule has 0 saturated carbocycles. The predicted molar refractivity (Wildman–Crippen MR) is 49.5 cm³/mol. The lowest BCUT2D eigenvalue weighted by atomic mass is 9.88. The number of carbonyl (C=O) groups excluding carboxylic acids is 1. The quantitative estimate of drug-likeness (QED) is 0.681. The van der Waals surface area contributed by atoms with Crippen LogP contribution in [-0.2, 0) is 9.53 Å². The van der Waals surface area contributed by atoms with Crippen molar-refractivity contribution in [1.29, 1.82) is 0 Å². The standard InChI is InChI=1S/C10H17NO2/c12-10(8-3-4-11-6-8)9-2-1-5-13-7-9/h8-9,11H,1-7H2. The average Bonchev–Trinajstić information content (AvgIpc) is 2.71. The van der Waals surface area contributed by atoms with E-state index in [2.05, 4.69) is 5.32 Å². The van der Waals surface area contributed by atoms with Crippen LogP contribution in [0.15, 0.2) is 0 Å². The van der Waals surface area contributed by atoms with Gasteiger partial charge >= 0.3 is 0 Å². The topological polar surface area (TPSA) is 38.3 Å². The van der Waals surface area contributed by atoms with Crippen molar-refractivity contribution in [2.75, 3.05) is 26.3 Å². The smallest absolute Gasteiger partial charge is 0.142 e. The molecule has 0 aromatic heterocycles. The summed E-state index contributed by atoms with van der Waals surface area (Å²) in [5.74, 6) is 0.898. The van der Waals surface area contributed by atoms with Gasteiger partial charge in [-0.1, -0.05) is 0 Å². The Hall–Kier alpha value is -0.410. The SMILES string of the molecule is O=C(C1CCNC1)C1CCCOC1. The number of ether oxygens (including phenoxy) is 1. The monoisotopic (exact) mass is 183 g/mol. The Morgan fingerprint density at radius 1 is 1.31 bits per heavy atom. The predicted octanol–water partition coefficient (Wildman–Crippen LogP) is 0.592. The van der Waals surface area contributed by atoms with E-state index in [1.165, 1.54) is 0 Å². The molecular formula is C10H17NO2. The molecule has 0 radical (unpaired) electrons. The van der Waals surface area contributed by atoms with Crippen molar-refractivity contribution < 1.29 is 9.53 Å². The molecule has 2 aliphatic rings. The maximum Gasteiger partial charge on any atom is 0.142 e. The number of Topliss-reactive ketones (excluding diaryl/α,β-unsaturated/α-hetero) is 1. The molecule has 1 N–H and O–H groups in total. The molecule has 0 spiro atoms. The Bertz CT molecular complexity index is 181. The molecule has 2 rings (SSSR count). The van der Waals surface area contributed by atoms with Crippen LogP contribution in [0.25, 0.3) is 0 Å². The van der Waals surface area contributed by atoms with Gasteiger partial charge in [-0.2, -0.15) is 0 Å². The number of ketones is 1. The number of nitrogens with one attached hydrogen (secondary N) is 1. The number of hydrogen-bond acceptors (Lipinski definition) is 3. The fraction of sp³-hybridized carbons (Fsp3) is 0.900. The van der Waals surface area contributed by atoms with Crippen LogP contribution in [-0.4, -0.2) is 32.1 Å². The Kier molecular flexibility index (Phi) is 2.96. The summed E-state index contributed by atoms with van der Waals surface area (Å²) in [7, 11) is 0. The first-order chi connectivity index (χ1) is 6.38. The minimum absolute atomic E-state index is 0.193. The van der Waals surface area contributed by atoms with Gasteiger partial charge < -0.3 is 10.1 Å². The molecule has 0 amide bonds. The van der Waals surface area contributed by atoms with Gasteiger partial charge in [-0.15, -0.1) is 0 Å². The average molecular weight is 183 g/mol. The summed E-state index contributed by atoms with van der Waals surface area (Å²) in [5, 5.41) is 3.23. The highest BCUT2D eigenvalue weighted by Gasteiger charge is 2.30. The molecule has 2 atom stereocenters. The van der Waals surface area contributed by atoms with Crippen molar-refractivity contribution >= 4 is 5.78 Å². The first-order valence-corrected chi connectivity index (χ1v) is 5.20. The first kappa shape index (κ1) is 9.16. The van der Waals surface area contributed by atoms with Gasteiger partial charge in [0.25, 0.3) is 0 Å². The normalized spacial score (nSPS) is 34.8. The van der Waals surface area contributed by atoms with E-state index in [0.29, 0.717) is 12.4 Å². The molecule has 2 unspecified atom stereocenters. The van der Waals surface area contributed by atoms with Crippen LogP contribution in [0.3, 0.4) is 0 Å². The zero-order chi connectivity index (χ0) is 9.10. The lowest BCUT2D eigenvalue weighted by Gasteiger charge is -2.23. The van der Waals surface area contributed by atoms with Crippen molar-refractivity contribution in [3.63, 3.8) is 0 Å². The molecule has 2 saturated heterocycles. The van der Waals surface area contributed by atoms with Crippen LogP contribution >= 0.6 is 0 Å². The van der Waals surface area contributed by atoms with E-state index in [-0.39, 0.29) is 11.8 Å². The molecule has 0 aliphatic carbocycles. The van der Waals surface area contributed by atoms with Crippen molar-refractivity contribution in [2.24, 2.45) is 11.8 Å². The van der Waals surface area contributed by atoms with E-state index in [0.717, 1.165) is 39.0 Å². The number of rotatable bonds is 2. The maximum atomic E-state index is 11.9. The highest BCUT2D eigenvalue weighted by atomic mass is 16.5. The summed E-state index contributed by atoms with van der Waals surface area (Å²) < 4.78 is 5.32. The Morgan fingerprint density at radius 3 is 2.85 bits per heavy atom. The van der Waals surface area contributed by atoms with Gasteiger partial charge in [-0.3, -0.25) is 4.79 Å². The third-order valence-corrected chi connectivity index (χ3v) is 3.03. The largest absolute Gasteiger partial charge is 0.381 e. The van der Waals surface area contributed by atoms with Crippen molar-refractivity contribution in [2.45, 2.75) is 19.3 Å². The van der Waals surface area contributed by atoms with Crippen molar-refractivity contribution in [1.82, 2.24) is 5.32 Å². The number of hydrogen-bond donors (Lipinski definition) is 1. The second-order valence-corrected chi connectivity index (χ2v) is 4.01. The summed E-state index contributed by atoms with van der Waals surface area (Å²) in [5.41, 5.74) is 0. The third kappa shape index (κ3) is 2.09. The van der Waals surface area contributed by atoms with Crippen LogP contribution in [0.4, 0.5) is 0 Å². The van der Waals surface area contributed by atoms with E-state index >= 15 is 0 Å². The second-order valence-electron chi connectivity index (χ2n) is 4.01. The molecule has 2 aliphatic heterocycles. The van der Waals surface area contributed by atoms with Crippen LogP contribution in [0, 0.1) is 11.8 Å². The van der Waals surface area contributed by atoms with Crippen LogP contribution in [0.2, 0.25) is 0 Å². The van der Waals surface area contributed by atoms with Crippen LogP contribution in [0.5, 0.6) is 0 Å². The minimum atomic E-state index is 0.193. The molecule has 0 aromatic rings. The molecular weight excluding hydrogens is 166 g/mol. The van der Waals surface area contributed by atoms with Crippen molar-refractivity contribution in [3.8, 4) is 0 Å². The van der Waals surface area contributed by atoms with Crippen LogP contribution in [0.1, 0.15) is 19.3 Å².